The fraction of sp³-hybridized carbons (Fsp3) is 0.929. The Bertz CT molecular complexity index is 300. The second-order valence-corrected chi connectivity index (χ2v) is 5.87. The Labute approximate surface area is 110 Å². The molecule has 0 radical (unpaired) electrons. The minimum Gasteiger partial charge on any atom is -0.480 e. The number of carbonyl (C=O) groups is 1. The van der Waals surface area contributed by atoms with Crippen LogP contribution in [0, 0.1) is 5.92 Å². The number of hydrogen-bond acceptors (Lipinski definition) is 3. The van der Waals surface area contributed by atoms with E-state index in [-0.39, 0.29) is 0 Å². The maximum absolute atomic E-state index is 12.0. The van der Waals surface area contributed by atoms with Crippen molar-refractivity contribution >= 4 is 5.97 Å². The molecule has 0 aromatic heterocycles. The van der Waals surface area contributed by atoms with Crippen LogP contribution in [0.5, 0.6) is 0 Å². The summed E-state index contributed by atoms with van der Waals surface area (Å²) >= 11 is 0. The van der Waals surface area contributed by atoms with Crippen LogP contribution in [0.1, 0.15) is 39.0 Å². The molecule has 4 heteroatoms. The first-order valence-corrected chi connectivity index (χ1v) is 7.28. The van der Waals surface area contributed by atoms with Gasteiger partial charge in [-0.3, -0.25) is 9.69 Å². The average Bonchev–Trinajstić information content (AvgIpc) is 2.39. The van der Waals surface area contributed by atoms with Crippen molar-refractivity contribution in [1.29, 1.82) is 0 Å². The Kier molecular flexibility index (Phi) is 4.28. The summed E-state index contributed by atoms with van der Waals surface area (Å²) < 4.78 is 0. The minimum absolute atomic E-state index is 0.326. The van der Waals surface area contributed by atoms with Gasteiger partial charge in [0.25, 0.3) is 0 Å². The molecular weight excluding hydrogens is 228 g/mol. The number of likely N-dealkylation sites (N-methyl/N-ethyl adjacent to an activating group) is 1. The van der Waals surface area contributed by atoms with Crippen LogP contribution in [-0.4, -0.2) is 59.6 Å². The zero-order chi connectivity index (χ0) is 13.2. The van der Waals surface area contributed by atoms with E-state index in [4.69, 9.17) is 0 Å². The molecular formula is C14H26N2O2. The van der Waals surface area contributed by atoms with Gasteiger partial charge in [-0.2, -0.15) is 0 Å². The molecule has 18 heavy (non-hydrogen) atoms. The van der Waals surface area contributed by atoms with Crippen LogP contribution in [0.25, 0.3) is 0 Å². The van der Waals surface area contributed by atoms with E-state index in [9.17, 15) is 9.90 Å². The fourth-order valence-electron chi connectivity index (χ4n) is 3.81. The predicted octanol–water partition coefficient (Wildman–Crippen LogP) is 1.66. The molecule has 1 N–H and O–H groups in total. The summed E-state index contributed by atoms with van der Waals surface area (Å²) in [4.78, 5) is 16.5. The maximum Gasteiger partial charge on any atom is 0.324 e. The smallest absolute Gasteiger partial charge is 0.324 e. The van der Waals surface area contributed by atoms with Crippen LogP contribution in [0.3, 0.4) is 0 Å². The van der Waals surface area contributed by atoms with Gasteiger partial charge in [0.1, 0.15) is 5.54 Å². The van der Waals surface area contributed by atoms with Gasteiger partial charge in [-0.1, -0.05) is 26.2 Å². The van der Waals surface area contributed by atoms with Crippen molar-refractivity contribution in [1.82, 2.24) is 9.80 Å². The second kappa shape index (κ2) is 5.57. The first-order chi connectivity index (χ1) is 8.61. The summed E-state index contributed by atoms with van der Waals surface area (Å²) in [5.41, 5.74) is -0.575. The third-order valence-corrected chi connectivity index (χ3v) is 4.97. The molecule has 1 aliphatic heterocycles. The van der Waals surface area contributed by atoms with Crippen LogP contribution in [-0.2, 0) is 4.79 Å². The molecule has 0 spiro atoms. The van der Waals surface area contributed by atoms with Gasteiger partial charge in [-0.15, -0.1) is 0 Å². The first kappa shape index (κ1) is 13.8. The van der Waals surface area contributed by atoms with E-state index in [0.717, 1.165) is 51.9 Å². The largest absolute Gasteiger partial charge is 0.480 e. The summed E-state index contributed by atoms with van der Waals surface area (Å²) in [5, 5.41) is 9.85. The van der Waals surface area contributed by atoms with E-state index in [0.29, 0.717) is 5.92 Å². The lowest BCUT2D eigenvalue weighted by atomic mass is 9.70. The second-order valence-electron chi connectivity index (χ2n) is 5.87. The van der Waals surface area contributed by atoms with Crippen molar-refractivity contribution in [3.05, 3.63) is 0 Å². The van der Waals surface area contributed by atoms with Gasteiger partial charge < -0.3 is 10.0 Å². The van der Waals surface area contributed by atoms with E-state index in [2.05, 4.69) is 23.8 Å². The zero-order valence-electron chi connectivity index (χ0n) is 11.7. The zero-order valence-corrected chi connectivity index (χ0v) is 11.7. The van der Waals surface area contributed by atoms with E-state index in [1.165, 1.54) is 6.42 Å². The van der Waals surface area contributed by atoms with Crippen molar-refractivity contribution in [3.63, 3.8) is 0 Å². The van der Waals surface area contributed by atoms with Gasteiger partial charge in [0.15, 0.2) is 0 Å². The summed E-state index contributed by atoms with van der Waals surface area (Å²) in [6.45, 7) is 5.93. The number of hydrogen-bond donors (Lipinski definition) is 1. The van der Waals surface area contributed by atoms with E-state index in [1.807, 2.05) is 0 Å². The summed E-state index contributed by atoms with van der Waals surface area (Å²) in [7, 11) is 2.11. The Morgan fingerprint density at radius 1 is 1.28 bits per heavy atom. The Hall–Kier alpha value is -0.610. The van der Waals surface area contributed by atoms with Crippen LogP contribution < -0.4 is 0 Å². The molecule has 104 valence electrons. The van der Waals surface area contributed by atoms with Gasteiger partial charge in [0.05, 0.1) is 0 Å². The standard InChI is InChI=1S/C14H26N2O2/c1-3-12-6-4-5-7-14(12,13(17)18)16-10-8-15(2)9-11-16/h12H,3-11H2,1-2H3,(H,17,18). The Morgan fingerprint density at radius 3 is 2.50 bits per heavy atom. The molecule has 2 unspecified atom stereocenters. The molecule has 1 saturated carbocycles. The quantitative estimate of drug-likeness (QED) is 0.832. The lowest BCUT2D eigenvalue weighted by Gasteiger charge is -2.50. The molecule has 0 amide bonds. The molecule has 4 nitrogen and oxygen atoms in total. The highest BCUT2D eigenvalue weighted by atomic mass is 16.4. The van der Waals surface area contributed by atoms with Gasteiger partial charge >= 0.3 is 5.97 Å². The van der Waals surface area contributed by atoms with Gasteiger partial charge in [-0.05, 0) is 25.8 Å². The minimum atomic E-state index is -0.585. The van der Waals surface area contributed by atoms with Gasteiger partial charge in [-0.25, -0.2) is 0 Å². The lowest BCUT2D eigenvalue weighted by molar-refractivity contribution is -0.161. The number of aliphatic carboxylic acids is 1. The lowest BCUT2D eigenvalue weighted by Crippen LogP contribution is -2.64. The molecule has 2 aliphatic rings. The molecule has 0 aromatic rings. The highest BCUT2D eigenvalue weighted by Crippen LogP contribution is 2.41. The summed E-state index contributed by atoms with van der Waals surface area (Å²) in [6.07, 6.45) is 5.16. The van der Waals surface area contributed by atoms with Crippen molar-refractivity contribution < 1.29 is 9.90 Å². The molecule has 1 heterocycles. The molecule has 2 atom stereocenters. The first-order valence-electron chi connectivity index (χ1n) is 7.28. The Morgan fingerprint density at radius 2 is 1.94 bits per heavy atom. The molecule has 1 saturated heterocycles. The number of carboxylic acid groups (broad SMARTS) is 1. The van der Waals surface area contributed by atoms with Crippen molar-refractivity contribution in [2.75, 3.05) is 33.2 Å². The van der Waals surface area contributed by atoms with Crippen LogP contribution in [0.4, 0.5) is 0 Å². The van der Waals surface area contributed by atoms with Gasteiger partial charge in [0.2, 0.25) is 0 Å². The van der Waals surface area contributed by atoms with Crippen LogP contribution >= 0.6 is 0 Å². The molecule has 0 bridgehead atoms. The SMILES string of the molecule is CCC1CCCCC1(C(=O)O)N1CCN(C)CC1. The molecule has 2 fully saturated rings. The number of nitrogens with zero attached hydrogens (tertiary/aromatic N) is 2. The number of carboxylic acids is 1. The van der Waals surface area contributed by atoms with Crippen molar-refractivity contribution in [2.45, 2.75) is 44.6 Å². The monoisotopic (exact) mass is 254 g/mol. The van der Waals surface area contributed by atoms with Crippen molar-refractivity contribution in [2.24, 2.45) is 5.92 Å². The fourth-order valence-corrected chi connectivity index (χ4v) is 3.81. The van der Waals surface area contributed by atoms with Crippen LogP contribution in [0.2, 0.25) is 0 Å². The normalized spacial score (nSPS) is 35.6. The van der Waals surface area contributed by atoms with Crippen molar-refractivity contribution in [3.8, 4) is 0 Å². The number of piperazine rings is 1. The number of rotatable bonds is 3. The average molecular weight is 254 g/mol. The molecule has 2 rings (SSSR count). The van der Waals surface area contributed by atoms with E-state index >= 15 is 0 Å². The summed E-state index contributed by atoms with van der Waals surface area (Å²) in [5.74, 6) is -0.259. The van der Waals surface area contributed by atoms with E-state index in [1.54, 1.807) is 0 Å². The third-order valence-electron chi connectivity index (χ3n) is 4.97. The highest BCUT2D eigenvalue weighted by molar-refractivity contribution is 5.79. The topological polar surface area (TPSA) is 43.8 Å². The maximum atomic E-state index is 12.0. The Balaban J connectivity index is 2.22. The van der Waals surface area contributed by atoms with Crippen LogP contribution in [0.15, 0.2) is 0 Å². The molecule has 0 aromatic carbocycles. The third kappa shape index (κ3) is 2.28. The summed E-state index contributed by atoms with van der Waals surface area (Å²) in [6, 6.07) is 0. The highest BCUT2D eigenvalue weighted by Gasteiger charge is 2.51. The van der Waals surface area contributed by atoms with Gasteiger partial charge in [0, 0.05) is 26.2 Å². The van der Waals surface area contributed by atoms with E-state index < -0.39 is 11.5 Å². The molecule has 1 aliphatic carbocycles. The predicted molar refractivity (Wildman–Crippen MR) is 71.7 cm³/mol.